The second kappa shape index (κ2) is 5.17. The number of benzene rings is 1. The van der Waals surface area contributed by atoms with Gasteiger partial charge in [-0.1, -0.05) is 29.8 Å². The van der Waals surface area contributed by atoms with Gasteiger partial charge in [0, 0.05) is 11.6 Å². The Morgan fingerprint density at radius 3 is 2.94 bits per heavy atom. The lowest BCUT2D eigenvalue weighted by Gasteiger charge is -2.05. The maximum atomic E-state index is 8.99. The smallest absolute Gasteiger partial charge is 0.127 e. The van der Waals surface area contributed by atoms with Crippen LogP contribution in [0, 0.1) is 18.3 Å². The molecule has 2 aromatic rings. The molecule has 0 aliphatic rings. The topological polar surface area (TPSA) is 48.7 Å². The number of nitriles is 1. The average Bonchev–Trinajstić information content (AvgIpc) is 2.69. The van der Waals surface area contributed by atoms with Crippen LogP contribution in [0.25, 0.3) is 0 Å². The van der Waals surface area contributed by atoms with Crippen LogP contribution >= 0.6 is 23.1 Å². The van der Waals surface area contributed by atoms with Crippen LogP contribution in [0.4, 0.5) is 5.00 Å². The number of hydrogen-bond donors (Lipinski definition) is 1. The van der Waals surface area contributed by atoms with Gasteiger partial charge in [0.15, 0.2) is 0 Å². The lowest BCUT2D eigenvalue weighted by atomic mass is 10.2. The van der Waals surface area contributed by atoms with Crippen LogP contribution in [0.15, 0.2) is 24.3 Å². The van der Waals surface area contributed by atoms with Crippen LogP contribution in [-0.2, 0) is 6.54 Å². The van der Waals surface area contributed by atoms with E-state index in [1.54, 1.807) is 0 Å². The summed E-state index contributed by atoms with van der Waals surface area (Å²) in [5.74, 6) is 0. The zero-order valence-corrected chi connectivity index (χ0v) is 10.8. The van der Waals surface area contributed by atoms with E-state index in [9.17, 15) is 0 Å². The van der Waals surface area contributed by atoms with Crippen molar-refractivity contribution in [3.05, 3.63) is 46.1 Å². The summed E-state index contributed by atoms with van der Waals surface area (Å²) in [7, 11) is 0. The highest BCUT2D eigenvalue weighted by Crippen LogP contribution is 2.25. The van der Waals surface area contributed by atoms with Crippen LogP contribution < -0.4 is 5.32 Å². The van der Waals surface area contributed by atoms with Crippen molar-refractivity contribution in [2.75, 3.05) is 5.32 Å². The highest BCUT2D eigenvalue weighted by atomic mass is 35.5. The first-order valence-electron chi connectivity index (χ1n) is 5.06. The zero-order chi connectivity index (χ0) is 12.3. The van der Waals surface area contributed by atoms with Crippen LogP contribution in [-0.4, -0.2) is 4.37 Å². The molecule has 0 unspecified atom stereocenters. The van der Waals surface area contributed by atoms with Crippen molar-refractivity contribution in [2.45, 2.75) is 13.5 Å². The number of hydrogen-bond acceptors (Lipinski definition) is 4. The van der Waals surface area contributed by atoms with Gasteiger partial charge in [0.1, 0.15) is 16.6 Å². The van der Waals surface area contributed by atoms with Gasteiger partial charge >= 0.3 is 0 Å². The van der Waals surface area contributed by atoms with Crippen molar-refractivity contribution in [1.82, 2.24) is 4.37 Å². The second-order valence-corrected chi connectivity index (χ2v) is 4.71. The summed E-state index contributed by atoms with van der Waals surface area (Å²) in [6, 6.07) is 9.78. The monoisotopic (exact) mass is 263 g/mol. The largest absolute Gasteiger partial charge is 0.370 e. The van der Waals surface area contributed by atoms with E-state index < -0.39 is 0 Å². The van der Waals surface area contributed by atoms with Crippen molar-refractivity contribution in [2.24, 2.45) is 0 Å². The molecule has 1 N–H and O–H groups in total. The summed E-state index contributed by atoms with van der Waals surface area (Å²) in [6.07, 6.45) is 0. The van der Waals surface area contributed by atoms with Gasteiger partial charge < -0.3 is 5.32 Å². The fourth-order valence-corrected chi connectivity index (χ4v) is 2.38. The summed E-state index contributed by atoms with van der Waals surface area (Å²) in [4.78, 5) is 0. The van der Waals surface area contributed by atoms with E-state index in [1.165, 1.54) is 11.5 Å². The molecule has 0 radical (unpaired) electrons. The standard InChI is InChI=1S/C12H10ClN3S/c1-8-10(6-14)12(17-16-8)15-7-9-4-2-3-5-11(9)13/h2-5,15H,7H2,1H3. The maximum Gasteiger partial charge on any atom is 0.127 e. The molecule has 0 atom stereocenters. The molecule has 1 heterocycles. The Labute approximate surface area is 109 Å². The minimum absolute atomic E-state index is 0.593. The van der Waals surface area contributed by atoms with E-state index in [0.717, 1.165) is 21.3 Å². The lowest BCUT2D eigenvalue weighted by Crippen LogP contribution is -1.99. The molecule has 86 valence electrons. The molecule has 0 aliphatic heterocycles. The lowest BCUT2D eigenvalue weighted by molar-refractivity contribution is 1.16. The Kier molecular flexibility index (Phi) is 3.62. The third-order valence-electron chi connectivity index (χ3n) is 2.37. The molecule has 0 bridgehead atoms. The molecule has 17 heavy (non-hydrogen) atoms. The SMILES string of the molecule is Cc1nsc(NCc2ccccc2Cl)c1C#N. The van der Waals surface area contributed by atoms with Gasteiger partial charge in [0.25, 0.3) is 0 Å². The first-order chi connectivity index (χ1) is 8.22. The third kappa shape index (κ3) is 2.57. The molecule has 0 amide bonds. The van der Waals surface area contributed by atoms with E-state index in [-0.39, 0.29) is 0 Å². The number of aryl methyl sites for hydroxylation is 1. The third-order valence-corrected chi connectivity index (χ3v) is 3.64. The predicted molar refractivity (Wildman–Crippen MR) is 70.3 cm³/mol. The molecule has 2 rings (SSSR count). The number of aromatic nitrogens is 1. The number of rotatable bonds is 3. The number of nitrogens with zero attached hydrogens (tertiary/aromatic N) is 2. The van der Waals surface area contributed by atoms with Gasteiger partial charge in [-0.3, -0.25) is 0 Å². The molecule has 0 saturated carbocycles. The van der Waals surface area contributed by atoms with Crippen molar-refractivity contribution in [3.8, 4) is 6.07 Å². The minimum Gasteiger partial charge on any atom is -0.370 e. The molecule has 1 aromatic carbocycles. The first-order valence-corrected chi connectivity index (χ1v) is 6.21. The van der Waals surface area contributed by atoms with Crippen molar-refractivity contribution < 1.29 is 0 Å². The number of nitrogens with one attached hydrogen (secondary N) is 1. The normalized spacial score (nSPS) is 9.94. The number of halogens is 1. The fourth-order valence-electron chi connectivity index (χ4n) is 1.44. The average molecular weight is 264 g/mol. The summed E-state index contributed by atoms with van der Waals surface area (Å²) in [5, 5.41) is 13.7. The summed E-state index contributed by atoms with van der Waals surface area (Å²) >= 11 is 7.35. The Morgan fingerprint density at radius 1 is 1.47 bits per heavy atom. The highest BCUT2D eigenvalue weighted by molar-refractivity contribution is 7.10. The van der Waals surface area contributed by atoms with Crippen LogP contribution in [0.1, 0.15) is 16.8 Å². The predicted octanol–water partition coefficient (Wildman–Crippen LogP) is 3.59. The minimum atomic E-state index is 0.593. The molecule has 0 fully saturated rings. The van der Waals surface area contributed by atoms with Crippen molar-refractivity contribution in [3.63, 3.8) is 0 Å². The Balaban J connectivity index is 2.13. The molecule has 0 aliphatic carbocycles. The van der Waals surface area contributed by atoms with E-state index in [2.05, 4.69) is 15.8 Å². The van der Waals surface area contributed by atoms with Gasteiger partial charge in [-0.2, -0.15) is 9.64 Å². The molecular weight excluding hydrogens is 254 g/mol. The molecular formula is C12H10ClN3S. The molecule has 3 nitrogen and oxygen atoms in total. The zero-order valence-electron chi connectivity index (χ0n) is 9.20. The van der Waals surface area contributed by atoms with Crippen LogP contribution in [0.5, 0.6) is 0 Å². The molecule has 0 saturated heterocycles. The van der Waals surface area contributed by atoms with Gasteiger partial charge in [-0.25, -0.2) is 0 Å². The summed E-state index contributed by atoms with van der Waals surface area (Å²) < 4.78 is 4.15. The quantitative estimate of drug-likeness (QED) is 0.921. The van der Waals surface area contributed by atoms with Crippen molar-refractivity contribution in [1.29, 1.82) is 5.26 Å². The van der Waals surface area contributed by atoms with Crippen molar-refractivity contribution >= 4 is 28.1 Å². The highest BCUT2D eigenvalue weighted by Gasteiger charge is 2.09. The molecule has 1 aromatic heterocycles. The van der Waals surface area contributed by atoms with Gasteiger partial charge in [-0.05, 0) is 30.1 Å². The maximum absolute atomic E-state index is 8.99. The van der Waals surface area contributed by atoms with Crippen LogP contribution in [0.3, 0.4) is 0 Å². The van der Waals surface area contributed by atoms with E-state index in [1.807, 2.05) is 31.2 Å². The van der Waals surface area contributed by atoms with Gasteiger partial charge in [0.2, 0.25) is 0 Å². The Hall–Kier alpha value is -1.57. The van der Waals surface area contributed by atoms with E-state index in [4.69, 9.17) is 16.9 Å². The summed E-state index contributed by atoms with van der Waals surface area (Å²) in [6.45, 7) is 2.42. The first kappa shape index (κ1) is 11.9. The molecule has 0 spiro atoms. The fraction of sp³-hybridized carbons (Fsp3) is 0.167. The van der Waals surface area contributed by atoms with Gasteiger partial charge in [0.05, 0.1) is 5.69 Å². The number of anilines is 1. The van der Waals surface area contributed by atoms with Gasteiger partial charge in [-0.15, -0.1) is 0 Å². The second-order valence-electron chi connectivity index (χ2n) is 3.53. The Bertz CT molecular complexity index is 571. The van der Waals surface area contributed by atoms with E-state index >= 15 is 0 Å². The Morgan fingerprint density at radius 2 is 2.24 bits per heavy atom. The van der Waals surface area contributed by atoms with E-state index in [0.29, 0.717) is 12.1 Å². The molecule has 5 heteroatoms. The van der Waals surface area contributed by atoms with Crippen LogP contribution in [0.2, 0.25) is 5.02 Å². The summed E-state index contributed by atoms with van der Waals surface area (Å²) in [5.41, 5.74) is 2.38.